The van der Waals surface area contributed by atoms with E-state index >= 15 is 0 Å². The molecule has 4 heteroatoms. The molecule has 0 bridgehead atoms. The molecule has 2 aromatic carbocycles. The summed E-state index contributed by atoms with van der Waals surface area (Å²) in [7, 11) is 0. The van der Waals surface area contributed by atoms with Gasteiger partial charge in [-0.15, -0.1) is 0 Å². The second-order valence-electron chi connectivity index (χ2n) is 6.26. The van der Waals surface area contributed by atoms with E-state index in [2.05, 4.69) is 24.0 Å². The third-order valence-electron chi connectivity index (χ3n) is 4.44. The Morgan fingerprint density at radius 1 is 1.18 bits per heavy atom. The van der Waals surface area contributed by atoms with Crippen molar-refractivity contribution in [2.45, 2.75) is 25.3 Å². The Labute approximate surface area is 140 Å². The highest BCUT2D eigenvalue weighted by Gasteiger charge is 2.37. The zero-order chi connectivity index (χ0) is 15.7. The predicted molar refractivity (Wildman–Crippen MR) is 90.1 cm³/mol. The Hall–Kier alpha value is -1.09. The summed E-state index contributed by atoms with van der Waals surface area (Å²) in [5.74, 6) is -0.338. The first-order valence-electron chi connectivity index (χ1n) is 7.39. The van der Waals surface area contributed by atoms with Gasteiger partial charge in [0.2, 0.25) is 0 Å². The maximum absolute atomic E-state index is 14.4. The van der Waals surface area contributed by atoms with Crippen molar-refractivity contribution in [3.05, 3.63) is 69.5 Å². The molecule has 1 atom stereocenters. The highest BCUT2D eigenvalue weighted by molar-refractivity contribution is 6.34. The molecule has 1 heterocycles. The molecule has 1 fully saturated rings. The van der Waals surface area contributed by atoms with E-state index in [-0.39, 0.29) is 16.3 Å². The largest absolute Gasteiger partial charge is 0.298 e. The highest BCUT2D eigenvalue weighted by Crippen LogP contribution is 2.39. The summed E-state index contributed by atoms with van der Waals surface area (Å²) < 4.78 is 14.4. The average molecular weight is 338 g/mol. The molecule has 2 aromatic rings. The summed E-state index contributed by atoms with van der Waals surface area (Å²) in [6.07, 6.45) is 0.896. The Morgan fingerprint density at radius 3 is 2.64 bits per heavy atom. The van der Waals surface area contributed by atoms with Gasteiger partial charge in [0.1, 0.15) is 5.82 Å². The van der Waals surface area contributed by atoms with Crippen molar-refractivity contribution in [2.75, 3.05) is 13.1 Å². The number of hydrogen-bond acceptors (Lipinski definition) is 1. The monoisotopic (exact) mass is 337 g/mol. The molecule has 3 rings (SSSR count). The minimum atomic E-state index is -0.338. The molecule has 1 unspecified atom stereocenters. The lowest BCUT2D eigenvalue weighted by Crippen LogP contribution is -2.29. The summed E-state index contributed by atoms with van der Waals surface area (Å²) >= 11 is 12.0. The van der Waals surface area contributed by atoms with Crippen LogP contribution >= 0.6 is 23.2 Å². The van der Waals surface area contributed by atoms with Crippen LogP contribution in [-0.2, 0) is 12.0 Å². The predicted octanol–water partition coefficient (Wildman–Crippen LogP) is 5.30. The van der Waals surface area contributed by atoms with E-state index in [0.29, 0.717) is 10.6 Å². The van der Waals surface area contributed by atoms with Crippen LogP contribution in [0, 0.1) is 5.82 Å². The standard InChI is InChI=1S/C18H18Cl2FN/c1-18(15-9-14(19)10-16(20)17(15)21)7-8-22(12-18)11-13-5-3-2-4-6-13/h2-6,9-10H,7-8,11-12H2,1H3. The van der Waals surface area contributed by atoms with Crippen molar-refractivity contribution in [2.24, 2.45) is 0 Å². The maximum Gasteiger partial charge on any atom is 0.145 e. The van der Waals surface area contributed by atoms with Gasteiger partial charge in [0.25, 0.3) is 0 Å². The summed E-state index contributed by atoms with van der Waals surface area (Å²) in [4.78, 5) is 2.35. The molecule has 116 valence electrons. The highest BCUT2D eigenvalue weighted by atomic mass is 35.5. The van der Waals surface area contributed by atoms with Crippen LogP contribution in [0.1, 0.15) is 24.5 Å². The van der Waals surface area contributed by atoms with Gasteiger partial charge in [-0.1, -0.05) is 60.5 Å². The third kappa shape index (κ3) is 3.15. The molecule has 0 spiro atoms. The molecule has 1 aliphatic rings. The van der Waals surface area contributed by atoms with Gasteiger partial charge in [-0.25, -0.2) is 4.39 Å². The van der Waals surface area contributed by atoms with Gasteiger partial charge in [0, 0.05) is 23.5 Å². The number of likely N-dealkylation sites (tertiary alicyclic amines) is 1. The lowest BCUT2D eigenvalue weighted by molar-refractivity contribution is 0.307. The SMILES string of the molecule is CC1(c2cc(Cl)cc(Cl)c2F)CCN(Cc2ccccc2)C1. The maximum atomic E-state index is 14.4. The van der Waals surface area contributed by atoms with Crippen molar-refractivity contribution >= 4 is 23.2 Å². The first kappa shape index (κ1) is 15.8. The Kier molecular flexibility index (Phi) is 4.44. The van der Waals surface area contributed by atoms with Gasteiger partial charge < -0.3 is 0 Å². The fourth-order valence-electron chi connectivity index (χ4n) is 3.25. The van der Waals surface area contributed by atoms with Crippen LogP contribution in [0.5, 0.6) is 0 Å². The van der Waals surface area contributed by atoms with Crippen molar-refractivity contribution in [3.63, 3.8) is 0 Å². The molecule has 22 heavy (non-hydrogen) atoms. The first-order chi connectivity index (χ1) is 10.5. The summed E-state index contributed by atoms with van der Waals surface area (Å²) in [5, 5.41) is 0.592. The molecule has 1 saturated heterocycles. The smallest absolute Gasteiger partial charge is 0.145 e. The Bertz CT molecular complexity index is 674. The lowest BCUT2D eigenvalue weighted by Gasteiger charge is -2.26. The molecular weight excluding hydrogens is 320 g/mol. The van der Waals surface area contributed by atoms with Crippen LogP contribution in [0.25, 0.3) is 0 Å². The van der Waals surface area contributed by atoms with Crippen molar-refractivity contribution < 1.29 is 4.39 Å². The fourth-order valence-corrected chi connectivity index (χ4v) is 3.74. The quantitative estimate of drug-likeness (QED) is 0.687. The summed E-state index contributed by atoms with van der Waals surface area (Å²) in [5.41, 5.74) is 1.64. The lowest BCUT2D eigenvalue weighted by atomic mass is 9.81. The van der Waals surface area contributed by atoms with Gasteiger partial charge in [-0.05, 0) is 36.2 Å². The summed E-state index contributed by atoms with van der Waals surface area (Å²) in [6.45, 7) is 4.71. The molecular formula is C18H18Cl2FN. The minimum absolute atomic E-state index is 0.102. The zero-order valence-electron chi connectivity index (χ0n) is 12.5. The van der Waals surface area contributed by atoms with Crippen LogP contribution in [0.4, 0.5) is 4.39 Å². The van der Waals surface area contributed by atoms with E-state index < -0.39 is 0 Å². The van der Waals surface area contributed by atoms with E-state index in [1.165, 1.54) is 11.6 Å². The van der Waals surface area contributed by atoms with Crippen LogP contribution in [-0.4, -0.2) is 18.0 Å². The second-order valence-corrected chi connectivity index (χ2v) is 7.10. The molecule has 0 amide bonds. The van der Waals surface area contributed by atoms with E-state index in [4.69, 9.17) is 23.2 Å². The van der Waals surface area contributed by atoms with Gasteiger partial charge in [0.15, 0.2) is 0 Å². The molecule has 0 N–H and O–H groups in total. The van der Waals surface area contributed by atoms with E-state index in [1.54, 1.807) is 6.07 Å². The van der Waals surface area contributed by atoms with Crippen LogP contribution in [0.3, 0.4) is 0 Å². The van der Waals surface area contributed by atoms with Crippen molar-refractivity contribution in [1.82, 2.24) is 4.90 Å². The molecule has 0 radical (unpaired) electrons. The number of nitrogens with zero attached hydrogens (tertiary/aromatic N) is 1. The number of benzene rings is 2. The first-order valence-corrected chi connectivity index (χ1v) is 8.15. The third-order valence-corrected chi connectivity index (χ3v) is 4.94. The van der Waals surface area contributed by atoms with Crippen LogP contribution < -0.4 is 0 Å². The van der Waals surface area contributed by atoms with Gasteiger partial charge >= 0.3 is 0 Å². The molecule has 0 saturated carbocycles. The number of hydrogen-bond donors (Lipinski definition) is 0. The van der Waals surface area contributed by atoms with Gasteiger partial charge in [-0.3, -0.25) is 4.90 Å². The molecule has 0 aliphatic carbocycles. The zero-order valence-corrected chi connectivity index (χ0v) is 14.0. The Morgan fingerprint density at radius 2 is 1.91 bits per heavy atom. The molecule has 0 aromatic heterocycles. The topological polar surface area (TPSA) is 3.24 Å². The fraction of sp³-hybridized carbons (Fsp3) is 0.333. The minimum Gasteiger partial charge on any atom is -0.298 e. The normalized spacial score (nSPS) is 22.2. The van der Waals surface area contributed by atoms with Crippen molar-refractivity contribution in [1.29, 1.82) is 0 Å². The second kappa shape index (κ2) is 6.19. The van der Waals surface area contributed by atoms with Gasteiger partial charge in [0.05, 0.1) is 5.02 Å². The molecule has 1 nitrogen and oxygen atoms in total. The summed E-state index contributed by atoms with van der Waals surface area (Å²) in [6, 6.07) is 13.5. The van der Waals surface area contributed by atoms with E-state index in [9.17, 15) is 4.39 Å². The molecule has 1 aliphatic heterocycles. The van der Waals surface area contributed by atoms with Crippen LogP contribution in [0.2, 0.25) is 10.0 Å². The average Bonchev–Trinajstić information content (AvgIpc) is 2.86. The number of halogens is 3. The van der Waals surface area contributed by atoms with Crippen molar-refractivity contribution in [3.8, 4) is 0 Å². The van der Waals surface area contributed by atoms with Crippen LogP contribution in [0.15, 0.2) is 42.5 Å². The Balaban J connectivity index is 1.81. The van der Waals surface area contributed by atoms with Gasteiger partial charge in [-0.2, -0.15) is 0 Å². The number of rotatable bonds is 3. The van der Waals surface area contributed by atoms with E-state index in [0.717, 1.165) is 26.1 Å². The van der Waals surface area contributed by atoms with E-state index in [1.807, 2.05) is 18.2 Å².